The van der Waals surface area contributed by atoms with Gasteiger partial charge in [0.2, 0.25) is 0 Å². The lowest BCUT2D eigenvalue weighted by atomic mass is 10.2. The molecule has 2 aliphatic heterocycles. The van der Waals surface area contributed by atoms with E-state index in [1.165, 1.54) is 45.3 Å². The predicted molar refractivity (Wildman–Crippen MR) is 57.3 cm³/mol. The van der Waals surface area contributed by atoms with E-state index in [4.69, 9.17) is 0 Å². The number of likely N-dealkylation sites (N-methyl/N-ethyl adjacent to an activating group) is 1. The van der Waals surface area contributed by atoms with Gasteiger partial charge < -0.3 is 10.0 Å². The van der Waals surface area contributed by atoms with Crippen LogP contribution < -0.4 is 0 Å². The molecule has 0 aliphatic carbocycles. The first-order valence-electron chi connectivity index (χ1n) is 5.86. The zero-order chi connectivity index (χ0) is 9.97. The number of likely N-dealkylation sites (tertiary alicyclic amines) is 2. The molecule has 2 heterocycles. The third-order valence-electron chi connectivity index (χ3n) is 3.83. The standard InChI is InChI=1S/C11H22N2O/c1-12-6-2-4-10(12)8-13-7-3-5-11(13)9-14/h10-11,14H,2-9H2,1H3/t10-,11-/m1/s1. The molecule has 0 aromatic heterocycles. The summed E-state index contributed by atoms with van der Waals surface area (Å²) in [6.07, 6.45) is 5.14. The van der Waals surface area contributed by atoms with Gasteiger partial charge in [0.05, 0.1) is 6.61 Å². The maximum Gasteiger partial charge on any atom is 0.0586 e. The van der Waals surface area contributed by atoms with Crippen LogP contribution in [0.15, 0.2) is 0 Å². The summed E-state index contributed by atoms with van der Waals surface area (Å²) in [6.45, 7) is 3.95. The number of rotatable bonds is 3. The summed E-state index contributed by atoms with van der Waals surface area (Å²) in [5, 5.41) is 9.22. The second kappa shape index (κ2) is 4.60. The Morgan fingerprint density at radius 2 is 1.86 bits per heavy atom. The zero-order valence-electron chi connectivity index (χ0n) is 9.15. The fourth-order valence-corrected chi connectivity index (χ4v) is 2.82. The van der Waals surface area contributed by atoms with E-state index in [0.717, 1.165) is 6.04 Å². The molecule has 2 rings (SSSR count). The predicted octanol–water partition coefficient (Wildman–Crippen LogP) is 0.537. The molecule has 0 amide bonds. The lowest BCUT2D eigenvalue weighted by Gasteiger charge is -2.29. The van der Waals surface area contributed by atoms with Crippen LogP contribution in [0.2, 0.25) is 0 Å². The van der Waals surface area contributed by atoms with Gasteiger partial charge >= 0.3 is 0 Å². The van der Waals surface area contributed by atoms with E-state index in [1.807, 2.05) is 0 Å². The molecule has 2 saturated heterocycles. The molecule has 3 nitrogen and oxygen atoms in total. The Balaban J connectivity index is 1.83. The summed E-state index contributed by atoms with van der Waals surface area (Å²) in [5.74, 6) is 0. The van der Waals surface area contributed by atoms with Gasteiger partial charge in [0.15, 0.2) is 0 Å². The summed E-state index contributed by atoms with van der Waals surface area (Å²) in [6, 6.07) is 1.19. The molecular formula is C11H22N2O. The van der Waals surface area contributed by atoms with Crippen LogP contribution in [0, 0.1) is 0 Å². The quantitative estimate of drug-likeness (QED) is 0.717. The highest BCUT2D eigenvalue weighted by Crippen LogP contribution is 2.21. The van der Waals surface area contributed by atoms with Crippen molar-refractivity contribution < 1.29 is 5.11 Å². The Morgan fingerprint density at radius 3 is 2.50 bits per heavy atom. The van der Waals surface area contributed by atoms with E-state index in [0.29, 0.717) is 12.6 Å². The average molecular weight is 198 g/mol. The Hall–Kier alpha value is -0.120. The molecule has 2 fully saturated rings. The first-order chi connectivity index (χ1) is 6.81. The van der Waals surface area contributed by atoms with Gasteiger partial charge in [-0.05, 0) is 45.8 Å². The van der Waals surface area contributed by atoms with Crippen LogP contribution in [0.3, 0.4) is 0 Å². The molecule has 82 valence electrons. The molecule has 0 unspecified atom stereocenters. The summed E-state index contributed by atoms with van der Waals surface area (Å²) in [7, 11) is 2.22. The van der Waals surface area contributed by atoms with Crippen LogP contribution in [0.4, 0.5) is 0 Å². The van der Waals surface area contributed by atoms with E-state index in [-0.39, 0.29) is 0 Å². The molecule has 0 radical (unpaired) electrons. The highest BCUT2D eigenvalue weighted by atomic mass is 16.3. The van der Waals surface area contributed by atoms with Crippen molar-refractivity contribution in [3.05, 3.63) is 0 Å². The van der Waals surface area contributed by atoms with Crippen LogP contribution in [0.5, 0.6) is 0 Å². The van der Waals surface area contributed by atoms with Crippen LogP contribution >= 0.6 is 0 Å². The number of aliphatic hydroxyl groups excluding tert-OH is 1. The third kappa shape index (κ3) is 2.10. The average Bonchev–Trinajstić information content (AvgIpc) is 2.77. The molecule has 0 saturated carbocycles. The fourth-order valence-electron chi connectivity index (χ4n) is 2.82. The summed E-state index contributed by atoms with van der Waals surface area (Å²) in [4.78, 5) is 4.94. The molecule has 0 bridgehead atoms. The smallest absolute Gasteiger partial charge is 0.0586 e. The Bertz CT molecular complexity index is 186. The molecule has 0 aromatic rings. The highest BCUT2D eigenvalue weighted by Gasteiger charge is 2.29. The molecule has 3 heteroatoms. The molecule has 0 spiro atoms. The fraction of sp³-hybridized carbons (Fsp3) is 1.00. The van der Waals surface area contributed by atoms with Gasteiger partial charge in [0.1, 0.15) is 0 Å². The molecule has 1 N–H and O–H groups in total. The minimum atomic E-state index is 0.344. The maximum atomic E-state index is 9.22. The van der Waals surface area contributed by atoms with Crippen molar-refractivity contribution >= 4 is 0 Å². The largest absolute Gasteiger partial charge is 0.395 e. The molecular weight excluding hydrogens is 176 g/mol. The van der Waals surface area contributed by atoms with E-state index in [1.54, 1.807) is 0 Å². The number of hydrogen-bond donors (Lipinski definition) is 1. The van der Waals surface area contributed by atoms with Crippen molar-refractivity contribution in [1.82, 2.24) is 9.80 Å². The van der Waals surface area contributed by atoms with E-state index in [2.05, 4.69) is 16.8 Å². The highest BCUT2D eigenvalue weighted by molar-refractivity contribution is 4.85. The van der Waals surface area contributed by atoms with Gasteiger partial charge in [-0.3, -0.25) is 4.90 Å². The molecule has 2 atom stereocenters. The van der Waals surface area contributed by atoms with Gasteiger partial charge in [-0.15, -0.1) is 0 Å². The summed E-state index contributed by atoms with van der Waals surface area (Å²) < 4.78 is 0. The monoisotopic (exact) mass is 198 g/mol. The maximum absolute atomic E-state index is 9.22. The number of hydrogen-bond acceptors (Lipinski definition) is 3. The van der Waals surface area contributed by atoms with Crippen LogP contribution in [0.1, 0.15) is 25.7 Å². The topological polar surface area (TPSA) is 26.7 Å². The van der Waals surface area contributed by atoms with Crippen molar-refractivity contribution in [2.45, 2.75) is 37.8 Å². The Labute approximate surface area is 86.7 Å². The van der Waals surface area contributed by atoms with Gasteiger partial charge in [-0.1, -0.05) is 0 Å². The second-order valence-electron chi connectivity index (χ2n) is 4.75. The number of nitrogens with zero attached hydrogens (tertiary/aromatic N) is 2. The Kier molecular flexibility index (Phi) is 3.42. The first kappa shape index (κ1) is 10.4. The van der Waals surface area contributed by atoms with Crippen molar-refractivity contribution in [1.29, 1.82) is 0 Å². The van der Waals surface area contributed by atoms with Crippen LogP contribution in [0.25, 0.3) is 0 Å². The van der Waals surface area contributed by atoms with Gasteiger partial charge in [0.25, 0.3) is 0 Å². The van der Waals surface area contributed by atoms with Crippen molar-refractivity contribution in [3.63, 3.8) is 0 Å². The normalized spacial score (nSPS) is 35.6. The van der Waals surface area contributed by atoms with Crippen LogP contribution in [-0.4, -0.2) is 60.3 Å². The van der Waals surface area contributed by atoms with E-state index in [9.17, 15) is 5.11 Å². The van der Waals surface area contributed by atoms with Gasteiger partial charge in [-0.2, -0.15) is 0 Å². The third-order valence-corrected chi connectivity index (χ3v) is 3.83. The lowest BCUT2D eigenvalue weighted by molar-refractivity contribution is 0.130. The molecule has 2 aliphatic rings. The van der Waals surface area contributed by atoms with E-state index < -0.39 is 0 Å². The van der Waals surface area contributed by atoms with Gasteiger partial charge in [-0.25, -0.2) is 0 Å². The zero-order valence-corrected chi connectivity index (χ0v) is 9.15. The van der Waals surface area contributed by atoms with Crippen molar-refractivity contribution in [2.75, 3.05) is 33.3 Å². The van der Waals surface area contributed by atoms with Crippen molar-refractivity contribution in [3.8, 4) is 0 Å². The minimum absolute atomic E-state index is 0.344. The first-order valence-corrected chi connectivity index (χ1v) is 5.86. The molecule has 0 aromatic carbocycles. The second-order valence-corrected chi connectivity index (χ2v) is 4.75. The number of aliphatic hydroxyl groups is 1. The Morgan fingerprint density at radius 1 is 1.14 bits per heavy atom. The summed E-state index contributed by atoms with van der Waals surface area (Å²) >= 11 is 0. The SMILES string of the molecule is CN1CCC[C@@H]1CN1CCC[C@@H]1CO. The minimum Gasteiger partial charge on any atom is -0.395 e. The lowest BCUT2D eigenvalue weighted by Crippen LogP contribution is -2.42. The summed E-state index contributed by atoms with van der Waals surface area (Å²) in [5.41, 5.74) is 0. The van der Waals surface area contributed by atoms with Crippen molar-refractivity contribution in [2.24, 2.45) is 0 Å². The van der Waals surface area contributed by atoms with Crippen LogP contribution in [-0.2, 0) is 0 Å². The van der Waals surface area contributed by atoms with E-state index >= 15 is 0 Å². The van der Waals surface area contributed by atoms with Gasteiger partial charge in [0, 0.05) is 18.6 Å². The molecule has 14 heavy (non-hydrogen) atoms.